The zero-order valence-electron chi connectivity index (χ0n) is 17.3. The number of aromatic nitrogens is 2. The standard InChI is InChI=1S/C24H23N5OS/c1-17-6-5-9-20(14-17)28-10-12-29(13-11-28)24-26-23(30)21(31-24)15-19-16-25-27-22(19)18-7-3-2-4-8-18/h2-9,14-16H,10-13H2,1H3,(H,25,27)/b21-15+. The molecule has 2 aromatic carbocycles. The number of H-pyrrole nitrogens is 1. The molecule has 1 saturated heterocycles. The lowest BCUT2D eigenvalue weighted by molar-refractivity contribution is -0.113. The molecule has 7 heteroatoms. The molecule has 5 rings (SSSR count). The number of aryl methyl sites for hydroxylation is 1. The Labute approximate surface area is 185 Å². The van der Waals surface area contributed by atoms with Crippen molar-refractivity contribution in [3.05, 3.63) is 76.8 Å². The first-order valence-electron chi connectivity index (χ1n) is 10.4. The van der Waals surface area contributed by atoms with E-state index in [1.54, 1.807) is 6.20 Å². The maximum Gasteiger partial charge on any atom is 0.286 e. The molecule has 6 nitrogen and oxygen atoms in total. The second-order valence-electron chi connectivity index (χ2n) is 7.69. The summed E-state index contributed by atoms with van der Waals surface area (Å²) in [5, 5.41) is 8.01. The number of anilines is 1. The number of carbonyl (C=O) groups is 1. The first-order valence-corrected chi connectivity index (χ1v) is 11.2. The minimum absolute atomic E-state index is 0.179. The molecule has 1 fully saturated rings. The molecule has 0 saturated carbocycles. The van der Waals surface area contributed by atoms with Crippen LogP contribution in [-0.4, -0.2) is 52.4 Å². The van der Waals surface area contributed by atoms with Crippen molar-refractivity contribution in [1.29, 1.82) is 0 Å². The van der Waals surface area contributed by atoms with Crippen LogP contribution in [0.15, 0.2) is 70.7 Å². The maximum atomic E-state index is 12.6. The second-order valence-corrected chi connectivity index (χ2v) is 8.70. The lowest BCUT2D eigenvalue weighted by Gasteiger charge is -2.36. The molecule has 0 bridgehead atoms. The van der Waals surface area contributed by atoms with E-state index >= 15 is 0 Å². The fourth-order valence-corrected chi connectivity index (χ4v) is 4.85. The van der Waals surface area contributed by atoms with Crippen LogP contribution in [0.25, 0.3) is 17.3 Å². The first-order chi connectivity index (χ1) is 15.2. The van der Waals surface area contributed by atoms with Crippen molar-refractivity contribution in [2.45, 2.75) is 6.92 Å². The fourth-order valence-electron chi connectivity index (χ4n) is 3.90. The summed E-state index contributed by atoms with van der Waals surface area (Å²) >= 11 is 1.45. The van der Waals surface area contributed by atoms with E-state index in [1.165, 1.54) is 23.0 Å². The third kappa shape index (κ3) is 4.14. The van der Waals surface area contributed by atoms with Gasteiger partial charge in [-0.2, -0.15) is 10.1 Å². The van der Waals surface area contributed by atoms with Gasteiger partial charge in [0.15, 0.2) is 5.17 Å². The van der Waals surface area contributed by atoms with Gasteiger partial charge >= 0.3 is 0 Å². The molecule has 0 aliphatic carbocycles. The molecule has 0 radical (unpaired) electrons. The molecule has 2 aliphatic heterocycles. The van der Waals surface area contributed by atoms with Crippen molar-refractivity contribution in [3.63, 3.8) is 0 Å². The van der Waals surface area contributed by atoms with E-state index in [0.717, 1.165) is 48.2 Å². The Balaban J connectivity index is 1.27. The van der Waals surface area contributed by atoms with Crippen molar-refractivity contribution in [2.24, 2.45) is 4.99 Å². The number of nitrogens with one attached hydrogen (secondary N) is 1. The lowest BCUT2D eigenvalue weighted by atomic mass is 10.1. The van der Waals surface area contributed by atoms with E-state index in [-0.39, 0.29) is 5.91 Å². The van der Waals surface area contributed by atoms with Gasteiger partial charge in [0, 0.05) is 43.0 Å². The van der Waals surface area contributed by atoms with Gasteiger partial charge in [0.05, 0.1) is 16.8 Å². The van der Waals surface area contributed by atoms with Gasteiger partial charge < -0.3 is 9.80 Å². The molecule has 0 unspecified atom stereocenters. The highest BCUT2D eigenvalue weighted by Crippen LogP contribution is 2.33. The molecule has 0 spiro atoms. The summed E-state index contributed by atoms with van der Waals surface area (Å²) in [5.74, 6) is -0.179. The van der Waals surface area contributed by atoms with E-state index in [4.69, 9.17) is 0 Å². The molecule has 1 amide bonds. The van der Waals surface area contributed by atoms with Crippen molar-refractivity contribution in [2.75, 3.05) is 31.1 Å². The van der Waals surface area contributed by atoms with Crippen LogP contribution in [0.3, 0.4) is 0 Å². The molecular weight excluding hydrogens is 406 g/mol. The van der Waals surface area contributed by atoms with E-state index < -0.39 is 0 Å². The second kappa shape index (κ2) is 8.43. The molecular formula is C24H23N5OS. The predicted molar refractivity (Wildman–Crippen MR) is 127 cm³/mol. The molecule has 3 heterocycles. The SMILES string of the molecule is Cc1cccc(N2CCN(C3=NC(=O)/C(=C\c4cn[nH]c4-c4ccccc4)S3)CC2)c1. The highest BCUT2D eigenvalue weighted by Gasteiger charge is 2.29. The summed E-state index contributed by atoms with van der Waals surface area (Å²) in [6, 6.07) is 18.6. The summed E-state index contributed by atoms with van der Waals surface area (Å²) < 4.78 is 0. The minimum atomic E-state index is -0.179. The summed E-state index contributed by atoms with van der Waals surface area (Å²) in [6.45, 7) is 5.64. The number of hydrogen-bond donors (Lipinski definition) is 1. The zero-order valence-corrected chi connectivity index (χ0v) is 18.1. The van der Waals surface area contributed by atoms with E-state index in [0.29, 0.717) is 4.91 Å². The van der Waals surface area contributed by atoms with Crippen LogP contribution in [0.2, 0.25) is 0 Å². The van der Waals surface area contributed by atoms with Gasteiger partial charge in [-0.25, -0.2) is 0 Å². The fraction of sp³-hybridized carbons (Fsp3) is 0.208. The third-order valence-corrected chi connectivity index (χ3v) is 6.59. The summed E-state index contributed by atoms with van der Waals surface area (Å²) in [6.07, 6.45) is 3.64. The Morgan fingerprint density at radius 3 is 2.55 bits per heavy atom. The van der Waals surface area contributed by atoms with Crippen LogP contribution in [0, 0.1) is 6.92 Å². The largest absolute Gasteiger partial charge is 0.368 e. The Bertz CT molecular complexity index is 1160. The number of benzene rings is 2. The Hall–Kier alpha value is -3.32. The summed E-state index contributed by atoms with van der Waals surface area (Å²) in [4.78, 5) is 22.2. The van der Waals surface area contributed by atoms with Gasteiger partial charge in [0.2, 0.25) is 0 Å². The number of hydrogen-bond acceptors (Lipinski definition) is 5. The summed E-state index contributed by atoms with van der Waals surface area (Å²) in [5.41, 5.74) is 5.36. The summed E-state index contributed by atoms with van der Waals surface area (Å²) in [7, 11) is 0. The number of aromatic amines is 1. The Morgan fingerprint density at radius 1 is 1.00 bits per heavy atom. The lowest BCUT2D eigenvalue weighted by Crippen LogP contribution is -2.47. The number of rotatable bonds is 3. The topological polar surface area (TPSA) is 64.6 Å². The van der Waals surface area contributed by atoms with Crippen molar-refractivity contribution in [1.82, 2.24) is 15.1 Å². The molecule has 1 aromatic heterocycles. The molecule has 31 heavy (non-hydrogen) atoms. The normalized spacial score (nSPS) is 18.0. The van der Waals surface area contributed by atoms with Crippen molar-refractivity contribution >= 4 is 34.6 Å². The van der Waals surface area contributed by atoms with Gasteiger partial charge in [0.1, 0.15) is 0 Å². The van der Waals surface area contributed by atoms with Crippen LogP contribution in [0.5, 0.6) is 0 Å². The number of thioether (sulfide) groups is 1. The van der Waals surface area contributed by atoms with E-state index in [9.17, 15) is 4.79 Å². The van der Waals surface area contributed by atoms with Gasteiger partial charge in [0.25, 0.3) is 5.91 Å². The van der Waals surface area contributed by atoms with Crippen molar-refractivity contribution in [3.8, 4) is 11.3 Å². The molecule has 1 N–H and O–H groups in total. The molecule has 2 aliphatic rings. The van der Waals surface area contributed by atoms with E-state index in [1.807, 2.05) is 36.4 Å². The Morgan fingerprint density at radius 2 is 1.77 bits per heavy atom. The molecule has 156 valence electrons. The number of amides is 1. The van der Waals surface area contributed by atoms with Crippen molar-refractivity contribution < 1.29 is 4.79 Å². The quantitative estimate of drug-likeness (QED) is 0.633. The number of nitrogens with zero attached hydrogens (tertiary/aromatic N) is 4. The average molecular weight is 430 g/mol. The third-order valence-electron chi connectivity index (χ3n) is 5.54. The van der Waals surface area contributed by atoms with Crippen LogP contribution in [0.4, 0.5) is 5.69 Å². The number of carbonyl (C=O) groups excluding carboxylic acids is 1. The zero-order chi connectivity index (χ0) is 21.2. The van der Waals surface area contributed by atoms with E-state index in [2.05, 4.69) is 56.2 Å². The van der Waals surface area contributed by atoms with Gasteiger partial charge in [-0.1, -0.05) is 42.5 Å². The Kier molecular flexibility index (Phi) is 5.34. The number of piperazine rings is 1. The van der Waals surface area contributed by atoms with Crippen LogP contribution < -0.4 is 4.90 Å². The van der Waals surface area contributed by atoms with Gasteiger partial charge in [-0.05, 0) is 42.5 Å². The highest BCUT2D eigenvalue weighted by atomic mass is 32.2. The minimum Gasteiger partial charge on any atom is -0.368 e. The van der Waals surface area contributed by atoms with Gasteiger partial charge in [-0.15, -0.1) is 0 Å². The van der Waals surface area contributed by atoms with Gasteiger partial charge in [-0.3, -0.25) is 9.89 Å². The molecule has 3 aromatic rings. The number of aliphatic imine (C=N–C) groups is 1. The number of amidine groups is 1. The van der Waals surface area contributed by atoms with Crippen LogP contribution in [0.1, 0.15) is 11.1 Å². The maximum absolute atomic E-state index is 12.6. The monoisotopic (exact) mass is 429 g/mol. The average Bonchev–Trinajstić information content (AvgIpc) is 3.41. The molecule has 0 atom stereocenters. The van der Waals surface area contributed by atoms with Crippen LogP contribution >= 0.6 is 11.8 Å². The highest BCUT2D eigenvalue weighted by molar-refractivity contribution is 8.18. The van der Waals surface area contributed by atoms with Crippen LogP contribution in [-0.2, 0) is 4.79 Å². The predicted octanol–water partition coefficient (Wildman–Crippen LogP) is 4.18. The smallest absolute Gasteiger partial charge is 0.286 e. The first kappa shape index (κ1) is 19.6.